The van der Waals surface area contributed by atoms with Crippen LogP contribution in [0, 0.1) is 6.92 Å². The molecular weight excluding hydrogens is 683 g/mol. The molecular formula is C39H31N5O7S. The molecule has 0 aliphatic carbocycles. The number of phenols is 1. The normalized spacial score (nSPS) is 11.8. The number of carbonyl (C=O) groups is 2. The number of hydrogen-bond acceptors (Lipinski definition) is 8. The number of nitrogens with one attached hydrogen (secondary N) is 2. The molecule has 12 nitrogen and oxygen atoms in total. The molecule has 260 valence electrons. The van der Waals surface area contributed by atoms with Gasteiger partial charge in [-0.1, -0.05) is 48.5 Å². The van der Waals surface area contributed by atoms with E-state index in [1.54, 1.807) is 37.3 Å². The Labute approximate surface area is 297 Å². The zero-order valence-electron chi connectivity index (χ0n) is 28.1. The fraction of sp³-hybridized carbons (Fsp3) is 0.0769. The Morgan fingerprint density at radius 2 is 1.50 bits per heavy atom. The minimum atomic E-state index is -4.50. The van der Waals surface area contributed by atoms with Crippen molar-refractivity contribution in [1.82, 2.24) is 4.57 Å². The van der Waals surface area contributed by atoms with Gasteiger partial charge in [0.15, 0.2) is 5.75 Å². The zero-order chi connectivity index (χ0) is 36.7. The van der Waals surface area contributed by atoms with Crippen molar-refractivity contribution in [2.24, 2.45) is 17.3 Å². The third-order valence-corrected chi connectivity index (χ3v) is 9.69. The summed E-state index contributed by atoms with van der Waals surface area (Å²) in [5, 5.41) is 29.2. The van der Waals surface area contributed by atoms with E-state index in [1.165, 1.54) is 31.4 Å². The van der Waals surface area contributed by atoms with Crippen molar-refractivity contribution in [1.29, 1.82) is 0 Å². The maximum Gasteiger partial charge on any atom is 0.294 e. The molecule has 0 aliphatic heterocycles. The first-order chi connectivity index (χ1) is 24.9. The summed E-state index contributed by atoms with van der Waals surface area (Å²) in [6.07, 6.45) is 0. The minimum Gasteiger partial charge on any atom is -0.505 e. The first kappa shape index (κ1) is 33.9. The highest BCUT2D eigenvalue weighted by Gasteiger charge is 2.20. The molecule has 7 rings (SSSR count). The van der Waals surface area contributed by atoms with Crippen molar-refractivity contribution in [3.63, 3.8) is 0 Å². The van der Waals surface area contributed by atoms with Gasteiger partial charge >= 0.3 is 0 Å². The van der Waals surface area contributed by atoms with Crippen LogP contribution in [0.15, 0.2) is 124 Å². The number of benzene rings is 6. The highest BCUT2D eigenvalue weighted by Crippen LogP contribution is 2.42. The summed E-state index contributed by atoms with van der Waals surface area (Å²) in [5.41, 5.74) is 3.92. The number of methoxy groups -OCH3 is 1. The van der Waals surface area contributed by atoms with Crippen molar-refractivity contribution in [2.45, 2.75) is 11.8 Å². The second-order valence-electron chi connectivity index (χ2n) is 12.1. The fourth-order valence-corrected chi connectivity index (χ4v) is 6.71. The lowest BCUT2D eigenvalue weighted by Gasteiger charge is -2.13. The average Bonchev–Trinajstić information content (AvgIpc) is 3.42. The van der Waals surface area contributed by atoms with E-state index in [9.17, 15) is 27.7 Å². The molecule has 0 unspecified atom stereocenters. The van der Waals surface area contributed by atoms with Crippen LogP contribution in [-0.4, -0.2) is 41.6 Å². The second-order valence-corrected chi connectivity index (χ2v) is 13.5. The van der Waals surface area contributed by atoms with E-state index >= 15 is 0 Å². The van der Waals surface area contributed by atoms with Crippen LogP contribution in [-0.2, 0) is 17.2 Å². The molecule has 0 radical (unpaired) electrons. The molecule has 0 fully saturated rings. The molecule has 1 aromatic heterocycles. The van der Waals surface area contributed by atoms with Gasteiger partial charge in [0.2, 0.25) is 0 Å². The highest BCUT2D eigenvalue weighted by molar-refractivity contribution is 7.85. The fourth-order valence-electron chi connectivity index (χ4n) is 6.18. The van der Waals surface area contributed by atoms with E-state index in [1.807, 2.05) is 55.6 Å². The van der Waals surface area contributed by atoms with Gasteiger partial charge < -0.3 is 25.0 Å². The Bertz CT molecular complexity index is 2740. The van der Waals surface area contributed by atoms with Crippen LogP contribution in [0.5, 0.6) is 11.5 Å². The topological polar surface area (TPSA) is 172 Å². The van der Waals surface area contributed by atoms with Crippen LogP contribution in [0.3, 0.4) is 0 Å². The minimum absolute atomic E-state index is 0.00457. The number of aromatic hydroxyl groups is 1. The highest BCUT2D eigenvalue weighted by atomic mass is 32.2. The second kappa shape index (κ2) is 13.3. The number of fused-ring (bicyclic) bond motifs is 4. The molecule has 2 amide bonds. The van der Waals surface area contributed by atoms with Crippen LogP contribution in [0.1, 0.15) is 26.3 Å². The van der Waals surface area contributed by atoms with Crippen LogP contribution in [0.4, 0.5) is 22.7 Å². The molecule has 52 heavy (non-hydrogen) atoms. The standard InChI is InChI=1S/C39H31N5O7S/c1-22-17-32(35(51-3)21-31(22)41-38(46)24-10-8-11-26(18-24)52(48,49)50)42-43-36-27-12-5-4-9-23(27)19-30(37(36)45)39(47)40-25-15-16-34-29(20-25)28-13-6-7-14-33(28)44(34)2/h4-21,45H,1-3H3,(H,40,47)(H,41,46)(H,48,49,50). The predicted octanol–water partition coefficient (Wildman–Crippen LogP) is 8.67. The smallest absolute Gasteiger partial charge is 0.294 e. The Balaban J connectivity index is 1.20. The zero-order valence-corrected chi connectivity index (χ0v) is 28.9. The number of phenolic OH excluding ortho intramolecular Hbond substituents is 1. The van der Waals surface area contributed by atoms with Crippen LogP contribution >= 0.6 is 0 Å². The van der Waals surface area contributed by atoms with Gasteiger partial charge in [-0.25, -0.2) is 0 Å². The maximum atomic E-state index is 13.7. The van der Waals surface area contributed by atoms with Gasteiger partial charge in [0, 0.05) is 57.2 Å². The number of nitrogens with zero attached hydrogens (tertiary/aromatic N) is 3. The van der Waals surface area contributed by atoms with Crippen LogP contribution in [0.2, 0.25) is 0 Å². The van der Waals surface area contributed by atoms with Crippen LogP contribution in [0.25, 0.3) is 32.6 Å². The van der Waals surface area contributed by atoms with E-state index < -0.39 is 26.8 Å². The summed E-state index contributed by atoms with van der Waals surface area (Å²) < 4.78 is 40.1. The van der Waals surface area contributed by atoms with Crippen molar-refractivity contribution in [3.8, 4) is 11.5 Å². The quantitative estimate of drug-likeness (QED) is 0.0901. The van der Waals surface area contributed by atoms with Gasteiger partial charge in [-0.3, -0.25) is 14.1 Å². The summed E-state index contributed by atoms with van der Waals surface area (Å²) in [5.74, 6) is -1.28. The van der Waals surface area contributed by atoms with Crippen molar-refractivity contribution in [2.75, 3.05) is 17.7 Å². The Kier molecular flexibility index (Phi) is 8.66. The Hall–Kier alpha value is -6.57. The summed E-state index contributed by atoms with van der Waals surface area (Å²) in [7, 11) is -1.09. The molecule has 0 spiro atoms. The number of aryl methyl sites for hydroxylation is 2. The molecule has 13 heteroatoms. The Morgan fingerprint density at radius 1 is 0.769 bits per heavy atom. The lowest BCUT2D eigenvalue weighted by Crippen LogP contribution is -2.13. The molecule has 4 N–H and O–H groups in total. The first-order valence-corrected chi connectivity index (χ1v) is 17.4. The number of rotatable bonds is 8. The number of carbonyl (C=O) groups excluding carboxylic acids is 2. The van der Waals surface area contributed by atoms with Gasteiger partial charge in [-0.2, -0.15) is 8.42 Å². The summed E-state index contributed by atoms with van der Waals surface area (Å²) in [6.45, 7) is 1.72. The predicted molar refractivity (Wildman–Crippen MR) is 200 cm³/mol. The molecule has 0 saturated carbocycles. The lowest BCUT2D eigenvalue weighted by atomic mass is 10.0. The molecule has 0 saturated heterocycles. The number of para-hydroxylation sites is 1. The van der Waals surface area contributed by atoms with Crippen molar-refractivity contribution in [3.05, 3.63) is 126 Å². The van der Waals surface area contributed by atoms with Gasteiger partial charge in [0.05, 0.1) is 17.6 Å². The van der Waals surface area contributed by atoms with Gasteiger partial charge in [-0.05, 0) is 72.5 Å². The maximum absolute atomic E-state index is 13.7. The van der Waals surface area contributed by atoms with Crippen molar-refractivity contribution < 1.29 is 32.4 Å². The molecule has 7 aromatic rings. The number of aromatic nitrogens is 1. The van der Waals surface area contributed by atoms with E-state index in [4.69, 9.17) is 4.74 Å². The lowest BCUT2D eigenvalue weighted by molar-refractivity contribution is 0.101. The van der Waals surface area contributed by atoms with Gasteiger partial charge in [-0.15, -0.1) is 10.2 Å². The van der Waals surface area contributed by atoms with Gasteiger partial charge in [0.25, 0.3) is 21.9 Å². The number of hydrogen-bond donors (Lipinski definition) is 4. The molecule has 0 atom stereocenters. The number of ether oxygens (including phenoxy) is 1. The van der Waals surface area contributed by atoms with E-state index in [0.29, 0.717) is 27.7 Å². The van der Waals surface area contributed by atoms with Crippen LogP contribution < -0.4 is 15.4 Å². The van der Waals surface area contributed by atoms with E-state index in [2.05, 4.69) is 25.4 Å². The summed E-state index contributed by atoms with van der Waals surface area (Å²) in [4.78, 5) is 26.3. The average molecular weight is 714 g/mol. The molecule has 1 heterocycles. The number of amides is 2. The first-order valence-electron chi connectivity index (χ1n) is 16.0. The third-order valence-electron chi connectivity index (χ3n) is 8.84. The molecule has 0 bridgehead atoms. The number of azo groups is 1. The van der Waals surface area contributed by atoms with Gasteiger partial charge in [0.1, 0.15) is 17.1 Å². The van der Waals surface area contributed by atoms with E-state index in [-0.39, 0.29) is 34.0 Å². The van der Waals surface area contributed by atoms with E-state index in [0.717, 1.165) is 27.9 Å². The molecule has 0 aliphatic rings. The molecule has 6 aromatic carbocycles. The largest absolute Gasteiger partial charge is 0.505 e. The third kappa shape index (κ3) is 6.30. The summed E-state index contributed by atoms with van der Waals surface area (Å²) >= 11 is 0. The van der Waals surface area contributed by atoms with Crippen molar-refractivity contribution >= 4 is 77.3 Å². The SMILES string of the molecule is COc1cc(NC(=O)c2cccc(S(=O)(=O)O)c2)c(C)cc1N=Nc1c(O)c(C(=O)Nc2ccc3c(c2)c2ccccc2n3C)cc2ccccc12. The Morgan fingerprint density at radius 3 is 2.27 bits per heavy atom. The summed E-state index contributed by atoms with van der Waals surface area (Å²) in [6, 6.07) is 30.6. The number of anilines is 2. The monoisotopic (exact) mass is 713 g/mol.